The molecule has 0 saturated carbocycles. The van der Waals surface area contributed by atoms with Gasteiger partial charge in [-0.3, -0.25) is 9.48 Å². The van der Waals surface area contributed by atoms with Crippen LogP contribution in [-0.2, 0) is 30.6 Å². The third kappa shape index (κ3) is 3.89. The van der Waals surface area contributed by atoms with E-state index in [2.05, 4.69) is 10.4 Å². The smallest absolute Gasteiger partial charge is 0.241 e. The van der Waals surface area contributed by atoms with Crippen LogP contribution < -0.4 is 5.32 Å². The van der Waals surface area contributed by atoms with Gasteiger partial charge in [0.2, 0.25) is 5.91 Å². The Labute approximate surface area is 135 Å². The van der Waals surface area contributed by atoms with Crippen LogP contribution in [0.1, 0.15) is 29.7 Å². The van der Waals surface area contributed by atoms with E-state index in [1.54, 1.807) is 4.68 Å². The van der Waals surface area contributed by atoms with Crippen molar-refractivity contribution in [3.63, 3.8) is 0 Å². The van der Waals surface area contributed by atoms with Gasteiger partial charge >= 0.3 is 0 Å². The largest absolute Gasteiger partial charge is 0.354 e. The standard InChI is InChI=1S/C17H20ClN3O/c18-15-7-5-13(6-8-15)9-10-19-17(22)12-21-11-14-3-1-2-4-16(14)20-21/h5-8,11H,1-4,9-10,12H2,(H,19,22). The summed E-state index contributed by atoms with van der Waals surface area (Å²) in [6.07, 6.45) is 7.39. The van der Waals surface area contributed by atoms with Gasteiger partial charge in [-0.2, -0.15) is 5.10 Å². The number of amides is 1. The molecule has 2 aromatic rings. The molecule has 1 aliphatic carbocycles. The van der Waals surface area contributed by atoms with Gasteiger partial charge in [0.15, 0.2) is 0 Å². The normalized spacial score (nSPS) is 13.7. The van der Waals surface area contributed by atoms with Crippen LogP contribution in [0.3, 0.4) is 0 Å². The summed E-state index contributed by atoms with van der Waals surface area (Å²) in [5, 5.41) is 8.18. The monoisotopic (exact) mass is 317 g/mol. The van der Waals surface area contributed by atoms with Gasteiger partial charge in [-0.25, -0.2) is 0 Å². The first-order chi connectivity index (χ1) is 10.7. The van der Waals surface area contributed by atoms with E-state index in [0.717, 1.165) is 24.3 Å². The Bertz CT molecular complexity index is 625. The van der Waals surface area contributed by atoms with Crippen LogP contribution in [-0.4, -0.2) is 22.2 Å². The SMILES string of the molecule is O=C(Cn1cc2c(n1)CCCC2)NCCc1ccc(Cl)cc1. The number of benzene rings is 1. The van der Waals surface area contributed by atoms with E-state index in [-0.39, 0.29) is 5.91 Å². The molecule has 0 bridgehead atoms. The third-order valence-electron chi connectivity index (χ3n) is 3.99. The van der Waals surface area contributed by atoms with Crippen LogP contribution in [0.15, 0.2) is 30.5 Å². The maximum Gasteiger partial charge on any atom is 0.241 e. The molecule has 1 aromatic carbocycles. The van der Waals surface area contributed by atoms with E-state index >= 15 is 0 Å². The summed E-state index contributed by atoms with van der Waals surface area (Å²) in [6.45, 7) is 0.926. The molecule has 3 rings (SSSR count). The van der Waals surface area contributed by atoms with Crippen LogP contribution in [0.5, 0.6) is 0 Å². The fraction of sp³-hybridized carbons (Fsp3) is 0.412. The lowest BCUT2D eigenvalue weighted by Crippen LogP contribution is -2.29. The van der Waals surface area contributed by atoms with Crippen molar-refractivity contribution in [2.24, 2.45) is 0 Å². The molecule has 0 radical (unpaired) electrons. The van der Waals surface area contributed by atoms with Crippen molar-refractivity contribution in [2.75, 3.05) is 6.54 Å². The van der Waals surface area contributed by atoms with E-state index in [4.69, 9.17) is 11.6 Å². The Hall–Kier alpha value is -1.81. The lowest BCUT2D eigenvalue weighted by Gasteiger charge is -2.06. The van der Waals surface area contributed by atoms with Crippen LogP contribution in [0.2, 0.25) is 5.02 Å². The Kier molecular flexibility index (Phi) is 4.78. The zero-order valence-electron chi connectivity index (χ0n) is 12.5. The minimum atomic E-state index is 0.00816. The molecular formula is C17H20ClN3O. The first kappa shape index (κ1) is 15.1. The minimum Gasteiger partial charge on any atom is -0.354 e. The van der Waals surface area contributed by atoms with E-state index in [1.165, 1.54) is 29.7 Å². The fourth-order valence-corrected chi connectivity index (χ4v) is 2.94. The molecule has 1 aromatic heterocycles. The summed E-state index contributed by atoms with van der Waals surface area (Å²) in [5.41, 5.74) is 3.64. The van der Waals surface area contributed by atoms with Gasteiger partial charge in [-0.1, -0.05) is 23.7 Å². The van der Waals surface area contributed by atoms with Crippen molar-refractivity contribution in [3.05, 3.63) is 52.3 Å². The Morgan fingerprint density at radius 2 is 2.00 bits per heavy atom. The molecule has 4 nitrogen and oxygen atoms in total. The molecule has 1 amide bonds. The molecule has 0 fully saturated rings. The van der Waals surface area contributed by atoms with E-state index in [1.807, 2.05) is 30.5 Å². The number of rotatable bonds is 5. The van der Waals surface area contributed by atoms with Crippen molar-refractivity contribution in [1.29, 1.82) is 0 Å². The van der Waals surface area contributed by atoms with Gasteiger partial charge in [-0.15, -0.1) is 0 Å². The van der Waals surface area contributed by atoms with Gasteiger partial charge in [0.1, 0.15) is 6.54 Å². The first-order valence-electron chi connectivity index (χ1n) is 7.77. The zero-order chi connectivity index (χ0) is 15.4. The Morgan fingerprint density at radius 3 is 2.77 bits per heavy atom. The second-order valence-corrected chi connectivity index (χ2v) is 6.17. The Balaban J connectivity index is 1.46. The number of carbonyl (C=O) groups excluding carboxylic acids is 1. The molecule has 1 aliphatic rings. The fourth-order valence-electron chi connectivity index (χ4n) is 2.81. The van der Waals surface area contributed by atoms with Gasteiger partial charge in [0, 0.05) is 17.8 Å². The van der Waals surface area contributed by atoms with E-state index in [0.29, 0.717) is 13.1 Å². The number of carbonyl (C=O) groups is 1. The molecule has 0 unspecified atom stereocenters. The van der Waals surface area contributed by atoms with E-state index < -0.39 is 0 Å². The predicted molar refractivity (Wildman–Crippen MR) is 87.0 cm³/mol. The van der Waals surface area contributed by atoms with Crippen LogP contribution in [0.4, 0.5) is 0 Å². The van der Waals surface area contributed by atoms with Crippen molar-refractivity contribution >= 4 is 17.5 Å². The highest BCUT2D eigenvalue weighted by Gasteiger charge is 2.14. The average Bonchev–Trinajstić information content (AvgIpc) is 2.91. The first-order valence-corrected chi connectivity index (χ1v) is 8.15. The summed E-state index contributed by atoms with van der Waals surface area (Å²) in [5.74, 6) is 0.00816. The zero-order valence-corrected chi connectivity index (χ0v) is 13.3. The molecule has 0 aliphatic heterocycles. The van der Waals surface area contributed by atoms with Crippen molar-refractivity contribution in [3.8, 4) is 0 Å². The molecule has 1 N–H and O–H groups in total. The molecule has 116 valence electrons. The van der Waals surface area contributed by atoms with Crippen molar-refractivity contribution in [2.45, 2.75) is 38.6 Å². The molecule has 5 heteroatoms. The lowest BCUT2D eigenvalue weighted by atomic mass is 9.99. The topological polar surface area (TPSA) is 46.9 Å². The van der Waals surface area contributed by atoms with Crippen molar-refractivity contribution < 1.29 is 4.79 Å². The van der Waals surface area contributed by atoms with Gasteiger partial charge in [0.25, 0.3) is 0 Å². The highest BCUT2D eigenvalue weighted by atomic mass is 35.5. The maximum absolute atomic E-state index is 12.0. The predicted octanol–water partition coefficient (Wildman–Crippen LogP) is 2.77. The minimum absolute atomic E-state index is 0.00816. The van der Waals surface area contributed by atoms with E-state index in [9.17, 15) is 4.79 Å². The van der Waals surface area contributed by atoms with Crippen molar-refractivity contribution in [1.82, 2.24) is 15.1 Å². The molecule has 1 heterocycles. The second-order valence-electron chi connectivity index (χ2n) is 5.73. The van der Waals surface area contributed by atoms with Gasteiger partial charge < -0.3 is 5.32 Å². The van der Waals surface area contributed by atoms with Gasteiger partial charge in [-0.05, 0) is 55.4 Å². The molecular weight excluding hydrogens is 298 g/mol. The average molecular weight is 318 g/mol. The Morgan fingerprint density at radius 1 is 1.23 bits per heavy atom. The number of aryl methyl sites for hydroxylation is 2. The number of hydrogen-bond acceptors (Lipinski definition) is 2. The van der Waals surface area contributed by atoms with Gasteiger partial charge in [0.05, 0.1) is 5.69 Å². The third-order valence-corrected chi connectivity index (χ3v) is 4.24. The summed E-state index contributed by atoms with van der Waals surface area (Å²) in [4.78, 5) is 12.0. The lowest BCUT2D eigenvalue weighted by molar-refractivity contribution is -0.121. The van der Waals surface area contributed by atoms with Crippen LogP contribution in [0, 0.1) is 0 Å². The highest BCUT2D eigenvalue weighted by Crippen LogP contribution is 2.19. The second kappa shape index (κ2) is 6.97. The molecule has 0 saturated heterocycles. The molecule has 0 atom stereocenters. The summed E-state index contributed by atoms with van der Waals surface area (Å²) >= 11 is 5.85. The number of hydrogen-bond donors (Lipinski definition) is 1. The molecule has 22 heavy (non-hydrogen) atoms. The van der Waals surface area contributed by atoms with Crippen LogP contribution >= 0.6 is 11.6 Å². The summed E-state index contributed by atoms with van der Waals surface area (Å²) < 4.78 is 1.77. The number of halogens is 1. The number of nitrogens with one attached hydrogen (secondary N) is 1. The molecule has 0 spiro atoms. The quantitative estimate of drug-likeness (QED) is 0.921. The highest BCUT2D eigenvalue weighted by molar-refractivity contribution is 6.30. The number of aromatic nitrogens is 2. The number of nitrogens with zero attached hydrogens (tertiary/aromatic N) is 2. The summed E-state index contributed by atoms with van der Waals surface area (Å²) in [6, 6.07) is 7.70. The summed E-state index contributed by atoms with van der Waals surface area (Å²) in [7, 11) is 0. The number of fused-ring (bicyclic) bond motifs is 1. The maximum atomic E-state index is 12.0. The van der Waals surface area contributed by atoms with Crippen LogP contribution in [0.25, 0.3) is 0 Å².